The molecule has 3 aromatic rings. The topological polar surface area (TPSA) is 25.2 Å². The number of benzene rings is 2. The van der Waals surface area contributed by atoms with Crippen molar-refractivity contribution < 1.29 is 0 Å². The van der Waals surface area contributed by atoms with Gasteiger partial charge in [-0.15, -0.1) is 0 Å². The number of rotatable bonds is 2. The summed E-state index contributed by atoms with van der Waals surface area (Å²) in [6.45, 7) is 4.90. The summed E-state index contributed by atoms with van der Waals surface area (Å²) in [5.74, 6) is 1.11. The Morgan fingerprint density at radius 2 is 1.52 bits per heavy atom. The molecule has 0 unspecified atom stereocenters. The number of aromatic nitrogens is 1. The summed E-state index contributed by atoms with van der Waals surface area (Å²) in [6, 6.07) is 18.0. The first-order chi connectivity index (χ1) is 12.3. The van der Waals surface area contributed by atoms with E-state index in [4.69, 9.17) is 0 Å². The second-order valence-electron chi connectivity index (χ2n) is 6.99. The van der Waals surface area contributed by atoms with E-state index in [-0.39, 0.29) is 20.3 Å². The number of hydrogen-bond donors (Lipinski definition) is 0. The van der Waals surface area contributed by atoms with Crippen LogP contribution in [0.4, 0.5) is 0 Å². The molecule has 6 rings (SSSR count). The van der Waals surface area contributed by atoms with Gasteiger partial charge in [0.15, 0.2) is 0 Å². The summed E-state index contributed by atoms with van der Waals surface area (Å²) < 4.78 is 3.15. The van der Waals surface area contributed by atoms with Crippen LogP contribution >= 0.6 is 0 Å². The van der Waals surface area contributed by atoms with Gasteiger partial charge in [0.05, 0.1) is 0 Å². The predicted molar refractivity (Wildman–Crippen MR) is 104 cm³/mol. The minimum atomic E-state index is 0.128. The van der Waals surface area contributed by atoms with Gasteiger partial charge < -0.3 is 4.90 Å². The van der Waals surface area contributed by atoms with Gasteiger partial charge in [0.1, 0.15) is 0 Å². The number of fused-ring (bicyclic) bond motifs is 4. The van der Waals surface area contributed by atoms with Crippen LogP contribution in [0.2, 0.25) is 0 Å². The number of hydrogen-bond acceptors (Lipinski definition) is 2. The Kier molecular flexibility index (Phi) is 5.21. The van der Waals surface area contributed by atoms with Crippen molar-refractivity contribution in [2.45, 2.75) is 25.8 Å². The molecule has 130 valence electrons. The zero-order valence-electron chi connectivity index (χ0n) is 14.4. The first-order valence-corrected chi connectivity index (χ1v) is 10.8. The van der Waals surface area contributed by atoms with Crippen LogP contribution in [-0.2, 0) is 6.54 Å². The van der Waals surface area contributed by atoms with Crippen LogP contribution < -0.4 is 5.56 Å². The summed E-state index contributed by atoms with van der Waals surface area (Å²) >= 11 is 0.128. The predicted octanol–water partition coefficient (Wildman–Crippen LogP) is 3.21. The van der Waals surface area contributed by atoms with E-state index in [0.29, 0.717) is 6.54 Å². The fraction of sp³-hybridized carbons (Fsp3) is 0.381. The van der Waals surface area contributed by atoms with Crippen LogP contribution in [0.25, 0.3) is 9.65 Å². The van der Waals surface area contributed by atoms with Crippen molar-refractivity contribution >= 4 is 24.4 Å². The van der Waals surface area contributed by atoms with Crippen LogP contribution in [0.15, 0.2) is 59.4 Å². The van der Waals surface area contributed by atoms with Gasteiger partial charge in [-0.25, -0.2) is 0 Å². The van der Waals surface area contributed by atoms with E-state index in [1.54, 1.807) is 0 Å². The molecule has 25 heavy (non-hydrogen) atoms. The quantitative estimate of drug-likeness (QED) is 0.619. The van der Waals surface area contributed by atoms with E-state index in [1.807, 2.05) is 40.0 Å². The first-order valence-electron chi connectivity index (χ1n) is 9.15. The molecule has 0 amide bonds. The average Bonchev–Trinajstić information content (AvgIpc) is 3.01. The van der Waals surface area contributed by atoms with E-state index in [2.05, 4.69) is 23.1 Å². The van der Waals surface area contributed by atoms with Crippen molar-refractivity contribution in [2.75, 3.05) is 19.6 Å². The van der Waals surface area contributed by atoms with Crippen molar-refractivity contribution in [3.05, 3.63) is 70.5 Å². The van der Waals surface area contributed by atoms with E-state index >= 15 is 0 Å². The molecule has 0 spiro atoms. The summed E-state index contributed by atoms with van der Waals surface area (Å²) in [5, 5.41) is 0.878. The van der Waals surface area contributed by atoms with Crippen molar-refractivity contribution in [3.63, 3.8) is 0 Å². The molecule has 0 atom stereocenters. The monoisotopic (exact) mass is 400 g/mol. The Bertz CT molecular complexity index is 853. The molecule has 3 aliphatic heterocycles. The molecular weight excluding hydrogens is 375 g/mol. The molecule has 0 radical (unpaired) electrons. The van der Waals surface area contributed by atoms with Crippen molar-refractivity contribution in [2.24, 2.45) is 5.92 Å². The van der Waals surface area contributed by atoms with Gasteiger partial charge in [-0.2, -0.15) is 0 Å². The van der Waals surface area contributed by atoms with Crippen LogP contribution in [-0.4, -0.2) is 42.8 Å². The summed E-state index contributed by atoms with van der Waals surface area (Å²) in [7, 11) is 0. The van der Waals surface area contributed by atoms with Crippen LogP contribution in [0, 0.1) is 5.92 Å². The molecule has 0 aliphatic carbocycles. The normalized spacial score (nSPS) is 21.8. The Morgan fingerprint density at radius 3 is 2.08 bits per heavy atom. The van der Waals surface area contributed by atoms with Gasteiger partial charge in [0, 0.05) is 0 Å². The third kappa shape index (κ3) is 3.98. The molecule has 2 aromatic carbocycles. The first kappa shape index (κ1) is 16.8. The Hall–Kier alpha value is -1.61. The average molecular weight is 399 g/mol. The van der Waals surface area contributed by atoms with Crippen molar-refractivity contribution in [3.8, 4) is 0 Å². The van der Waals surface area contributed by atoms with E-state index < -0.39 is 0 Å². The van der Waals surface area contributed by atoms with E-state index in [1.165, 1.54) is 48.7 Å². The molecule has 0 saturated carbocycles. The van der Waals surface area contributed by atoms with Crippen molar-refractivity contribution in [1.82, 2.24) is 8.46 Å². The van der Waals surface area contributed by atoms with Gasteiger partial charge in [-0.05, 0) is 44.8 Å². The van der Waals surface area contributed by atoms with Crippen LogP contribution in [0.3, 0.4) is 0 Å². The van der Waals surface area contributed by atoms with E-state index in [9.17, 15) is 4.79 Å². The summed E-state index contributed by atoms with van der Waals surface area (Å²) in [5.41, 5.74) is 1.36. The number of piperidine rings is 3. The molecule has 3 saturated heterocycles. The molecule has 4 heterocycles. The third-order valence-electron chi connectivity index (χ3n) is 5.28. The second-order valence-corrected chi connectivity index (χ2v) is 9.22. The molecule has 4 heteroatoms. The fourth-order valence-corrected chi connectivity index (χ4v) is 5.89. The molecule has 0 N–H and O–H groups in total. The minimum absolute atomic E-state index is 0.128. The fourth-order valence-electron chi connectivity index (χ4n) is 3.73. The molecule has 3 fully saturated rings. The molecule has 3 nitrogen and oxygen atoms in total. The standard InChI is InChI=1S/C14H11NOSe.C7H13N/c16-14-12-8-4-5-9-13(12)17-15(14)10-11-6-2-1-3-7-11;1-4-8-5-2-7(1)3-6-8/h1-9H,10H2;7H,1-6H2. The Morgan fingerprint density at radius 1 is 0.880 bits per heavy atom. The zero-order valence-corrected chi connectivity index (χ0v) is 16.1. The van der Waals surface area contributed by atoms with Gasteiger partial charge >= 0.3 is 105 Å². The van der Waals surface area contributed by atoms with Crippen molar-refractivity contribution in [1.29, 1.82) is 0 Å². The van der Waals surface area contributed by atoms with E-state index in [0.717, 1.165) is 11.3 Å². The summed E-state index contributed by atoms with van der Waals surface area (Å²) in [6.07, 6.45) is 4.46. The van der Waals surface area contributed by atoms with Crippen LogP contribution in [0.1, 0.15) is 24.8 Å². The SMILES string of the molecule is C1CN2CCC1CC2.O=c1c2ccccc2[se]n1Cc1ccccc1. The van der Waals surface area contributed by atoms with Crippen LogP contribution in [0.5, 0.6) is 0 Å². The maximum absolute atomic E-state index is 12.1. The molecule has 1 aromatic heterocycles. The van der Waals surface area contributed by atoms with Gasteiger partial charge in [-0.1, -0.05) is 0 Å². The summed E-state index contributed by atoms with van der Waals surface area (Å²) in [4.78, 5) is 14.7. The second kappa shape index (κ2) is 7.74. The van der Waals surface area contributed by atoms with Gasteiger partial charge in [0.2, 0.25) is 0 Å². The Labute approximate surface area is 154 Å². The van der Waals surface area contributed by atoms with Gasteiger partial charge in [0.25, 0.3) is 0 Å². The number of nitrogens with zero attached hydrogens (tertiary/aromatic N) is 2. The third-order valence-corrected chi connectivity index (χ3v) is 7.52. The zero-order chi connectivity index (χ0) is 17.1. The Balaban J connectivity index is 0.000000163. The van der Waals surface area contributed by atoms with Gasteiger partial charge in [-0.3, -0.25) is 0 Å². The molecular formula is C21H24N2OSe. The molecule has 3 aliphatic rings. The maximum atomic E-state index is 12.1. The molecule has 2 bridgehead atoms.